The topological polar surface area (TPSA) is 57.3 Å². The van der Waals surface area contributed by atoms with Crippen molar-refractivity contribution >= 4 is 29.7 Å². The fourth-order valence-corrected chi connectivity index (χ4v) is 3.92. The number of likely N-dealkylation sites (tertiary alicyclic amines) is 1. The summed E-state index contributed by atoms with van der Waals surface area (Å²) in [7, 11) is 0. The molecule has 124 valence electrons. The van der Waals surface area contributed by atoms with Crippen LogP contribution in [-0.2, 0) is 11.3 Å². The van der Waals surface area contributed by atoms with Crippen molar-refractivity contribution in [3.8, 4) is 0 Å². The van der Waals surface area contributed by atoms with E-state index in [1.807, 2.05) is 11.6 Å². The summed E-state index contributed by atoms with van der Waals surface area (Å²) in [5, 5.41) is 9.61. The second kappa shape index (κ2) is 8.82. The first-order valence-electron chi connectivity index (χ1n) is 7.93. The summed E-state index contributed by atoms with van der Waals surface area (Å²) in [5.41, 5.74) is 0. The number of carbonyl (C=O) groups is 1. The summed E-state index contributed by atoms with van der Waals surface area (Å²) in [6.45, 7) is 4.95. The van der Waals surface area contributed by atoms with Crippen LogP contribution < -0.4 is 10.6 Å². The Morgan fingerprint density at radius 1 is 1.45 bits per heavy atom. The van der Waals surface area contributed by atoms with Gasteiger partial charge in [-0.2, -0.15) is 0 Å². The summed E-state index contributed by atoms with van der Waals surface area (Å²) in [6.07, 6.45) is 6.40. The van der Waals surface area contributed by atoms with E-state index in [0.717, 1.165) is 45.6 Å². The number of amides is 1. The van der Waals surface area contributed by atoms with E-state index in [1.54, 1.807) is 11.3 Å². The molecule has 0 radical (unpaired) electrons. The number of nitrogens with zero attached hydrogens (tertiary/aromatic N) is 2. The van der Waals surface area contributed by atoms with E-state index in [1.165, 1.54) is 17.8 Å². The molecule has 0 spiro atoms. The number of hydrogen-bond acceptors (Lipinski definition) is 5. The lowest BCUT2D eigenvalue weighted by molar-refractivity contribution is -0.123. The van der Waals surface area contributed by atoms with Crippen molar-refractivity contribution in [2.24, 2.45) is 5.92 Å². The third-order valence-corrected chi connectivity index (χ3v) is 5.15. The van der Waals surface area contributed by atoms with Crippen molar-refractivity contribution in [1.82, 2.24) is 20.5 Å². The smallest absolute Gasteiger partial charge is 0.237 e. The third-order valence-electron chi connectivity index (χ3n) is 4.39. The van der Waals surface area contributed by atoms with E-state index >= 15 is 0 Å². The van der Waals surface area contributed by atoms with Crippen LogP contribution in [0.5, 0.6) is 0 Å². The Morgan fingerprint density at radius 3 is 3.09 bits per heavy atom. The molecule has 7 heteroatoms. The van der Waals surface area contributed by atoms with E-state index in [0.29, 0.717) is 5.92 Å². The van der Waals surface area contributed by atoms with Gasteiger partial charge in [-0.05, 0) is 44.7 Å². The molecule has 1 aromatic heterocycles. The van der Waals surface area contributed by atoms with Gasteiger partial charge in [-0.15, -0.1) is 23.7 Å². The fraction of sp³-hybridized carbons (Fsp3) is 0.733. The Bertz CT molecular complexity index is 450. The first-order chi connectivity index (χ1) is 10.3. The molecule has 3 rings (SSSR count). The molecule has 1 aromatic rings. The summed E-state index contributed by atoms with van der Waals surface area (Å²) >= 11 is 1.72. The van der Waals surface area contributed by atoms with Crippen LogP contribution in [0, 0.1) is 5.92 Å². The van der Waals surface area contributed by atoms with Gasteiger partial charge in [0.15, 0.2) is 0 Å². The van der Waals surface area contributed by atoms with Crippen LogP contribution in [0.4, 0.5) is 0 Å². The highest BCUT2D eigenvalue weighted by molar-refractivity contribution is 7.09. The van der Waals surface area contributed by atoms with Crippen LogP contribution in [0.3, 0.4) is 0 Å². The maximum absolute atomic E-state index is 12.0. The van der Waals surface area contributed by atoms with E-state index in [9.17, 15) is 4.79 Å². The van der Waals surface area contributed by atoms with Crippen molar-refractivity contribution in [2.45, 2.75) is 38.3 Å². The molecule has 2 aliphatic rings. The Morgan fingerprint density at radius 2 is 2.36 bits per heavy atom. The maximum atomic E-state index is 12.0. The molecule has 0 aromatic carbocycles. The molecule has 2 N–H and O–H groups in total. The number of carbonyl (C=O) groups excluding carboxylic acids is 1. The first kappa shape index (κ1) is 17.7. The Hall–Kier alpha value is -0.690. The van der Waals surface area contributed by atoms with Crippen LogP contribution in [0.15, 0.2) is 11.6 Å². The molecule has 0 saturated carbocycles. The van der Waals surface area contributed by atoms with Gasteiger partial charge < -0.3 is 10.6 Å². The zero-order valence-electron chi connectivity index (χ0n) is 12.8. The van der Waals surface area contributed by atoms with Crippen LogP contribution >= 0.6 is 23.7 Å². The highest BCUT2D eigenvalue weighted by Gasteiger charge is 2.24. The van der Waals surface area contributed by atoms with Crippen molar-refractivity contribution in [3.05, 3.63) is 16.6 Å². The average molecular weight is 345 g/mol. The molecule has 5 nitrogen and oxygen atoms in total. The van der Waals surface area contributed by atoms with E-state index in [-0.39, 0.29) is 24.4 Å². The van der Waals surface area contributed by atoms with E-state index < -0.39 is 0 Å². The minimum atomic E-state index is 0. The number of thiazole rings is 1. The maximum Gasteiger partial charge on any atom is 0.237 e. The second-order valence-corrected chi connectivity index (χ2v) is 7.04. The predicted molar refractivity (Wildman–Crippen MR) is 91.4 cm³/mol. The molecular formula is C15H25ClN4OS. The Kier molecular flexibility index (Phi) is 7.08. The molecule has 2 unspecified atom stereocenters. The highest BCUT2D eigenvalue weighted by atomic mass is 35.5. The monoisotopic (exact) mass is 344 g/mol. The molecule has 0 aliphatic carbocycles. The van der Waals surface area contributed by atoms with Crippen molar-refractivity contribution in [2.75, 3.05) is 26.2 Å². The van der Waals surface area contributed by atoms with Crippen molar-refractivity contribution in [1.29, 1.82) is 0 Å². The number of rotatable bonds is 5. The summed E-state index contributed by atoms with van der Waals surface area (Å²) in [5.74, 6) is 0.758. The minimum Gasteiger partial charge on any atom is -0.354 e. The van der Waals surface area contributed by atoms with Crippen molar-refractivity contribution in [3.63, 3.8) is 0 Å². The number of nitrogens with one attached hydrogen (secondary N) is 2. The number of aromatic nitrogens is 1. The first-order valence-corrected chi connectivity index (χ1v) is 8.81. The van der Waals surface area contributed by atoms with Gasteiger partial charge >= 0.3 is 0 Å². The van der Waals surface area contributed by atoms with E-state index in [2.05, 4.69) is 20.5 Å². The van der Waals surface area contributed by atoms with E-state index in [4.69, 9.17) is 0 Å². The summed E-state index contributed by atoms with van der Waals surface area (Å²) in [6, 6.07) is 0.0417. The molecule has 2 aliphatic heterocycles. The van der Waals surface area contributed by atoms with Crippen LogP contribution in [0.1, 0.15) is 30.7 Å². The van der Waals surface area contributed by atoms with Gasteiger partial charge in [0.25, 0.3) is 0 Å². The van der Waals surface area contributed by atoms with Gasteiger partial charge in [-0.25, -0.2) is 4.98 Å². The number of halogens is 1. The molecule has 2 saturated heterocycles. The normalized spacial score (nSPS) is 25.6. The lowest BCUT2D eigenvalue weighted by Crippen LogP contribution is -2.45. The molecular weight excluding hydrogens is 320 g/mol. The standard InChI is InChI=1S/C15H24N4OS.ClH/c20-15(13-4-1-5-16-13)18-9-12-3-2-7-19(10-12)11-14-17-6-8-21-14;/h6,8,12-13,16H,1-5,7,9-11H2,(H,18,20);1H. The second-order valence-electron chi connectivity index (χ2n) is 6.06. The van der Waals surface area contributed by atoms with Crippen molar-refractivity contribution < 1.29 is 4.79 Å². The summed E-state index contributed by atoms with van der Waals surface area (Å²) < 4.78 is 0. The lowest BCUT2D eigenvalue weighted by atomic mass is 9.98. The van der Waals surface area contributed by atoms with Crippen LogP contribution in [-0.4, -0.2) is 48.0 Å². The number of piperidine rings is 1. The van der Waals surface area contributed by atoms with Gasteiger partial charge in [-0.3, -0.25) is 9.69 Å². The van der Waals surface area contributed by atoms with Crippen LogP contribution in [0.25, 0.3) is 0 Å². The molecule has 22 heavy (non-hydrogen) atoms. The Balaban J connectivity index is 0.00000176. The molecule has 2 atom stereocenters. The quantitative estimate of drug-likeness (QED) is 0.852. The third kappa shape index (κ3) is 4.91. The van der Waals surface area contributed by atoms with Gasteiger partial charge in [0.05, 0.1) is 12.6 Å². The lowest BCUT2D eigenvalue weighted by Gasteiger charge is -2.32. The molecule has 1 amide bonds. The number of hydrogen-bond donors (Lipinski definition) is 2. The fourth-order valence-electron chi connectivity index (χ4n) is 3.26. The Labute approximate surface area is 142 Å². The van der Waals surface area contributed by atoms with Gasteiger partial charge in [0, 0.05) is 24.7 Å². The zero-order valence-corrected chi connectivity index (χ0v) is 14.4. The molecule has 3 heterocycles. The van der Waals surface area contributed by atoms with Gasteiger partial charge in [-0.1, -0.05) is 0 Å². The molecule has 0 bridgehead atoms. The average Bonchev–Trinajstić information content (AvgIpc) is 3.18. The molecule has 2 fully saturated rings. The predicted octanol–water partition coefficient (Wildman–Crippen LogP) is 1.65. The van der Waals surface area contributed by atoms with Gasteiger partial charge in [0.2, 0.25) is 5.91 Å². The minimum absolute atomic E-state index is 0. The highest BCUT2D eigenvalue weighted by Crippen LogP contribution is 2.19. The summed E-state index contributed by atoms with van der Waals surface area (Å²) in [4.78, 5) is 18.9. The van der Waals surface area contributed by atoms with Gasteiger partial charge in [0.1, 0.15) is 5.01 Å². The largest absolute Gasteiger partial charge is 0.354 e. The zero-order chi connectivity index (χ0) is 14.5. The van der Waals surface area contributed by atoms with Crippen LogP contribution in [0.2, 0.25) is 0 Å². The SMILES string of the molecule is Cl.O=C(NCC1CCCN(Cc2nccs2)C1)C1CCCN1.